The topological polar surface area (TPSA) is 221 Å². The van der Waals surface area contributed by atoms with E-state index in [1.54, 1.807) is 68.8 Å². The van der Waals surface area contributed by atoms with Gasteiger partial charge >= 0.3 is 11.9 Å². The molecule has 0 radical (unpaired) electrons. The number of aliphatic hydroxyl groups is 1. The van der Waals surface area contributed by atoms with Crippen molar-refractivity contribution < 1.29 is 34.1 Å². The number of aliphatic hydroxyl groups excluding tert-OH is 1. The fourth-order valence-corrected chi connectivity index (χ4v) is 9.50. The smallest absolute Gasteiger partial charge is 0.359 e. The lowest BCUT2D eigenvalue weighted by atomic mass is 10.1. The van der Waals surface area contributed by atoms with Crippen LogP contribution in [0.3, 0.4) is 0 Å². The summed E-state index contributed by atoms with van der Waals surface area (Å²) in [5.41, 5.74) is 8.35. The molecule has 5 aromatic heterocycles. The molecular formula is C66H65BrCl5N11O7. The van der Waals surface area contributed by atoms with Crippen LogP contribution in [0.15, 0.2) is 207 Å². The molecule has 0 saturated heterocycles. The zero-order valence-electron chi connectivity index (χ0n) is 46.0. The normalized spacial score (nSPS) is 10.9. The zero-order chi connectivity index (χ0) is 61.7. The number of carboxylic acid groups (broad SMARTS) is 1. The number of rotatable bonds is 16. The number of hydrogen-bond acceptors (Lipinski definition) is 11. The van der Waals surface area contributed by atoms with Crippen molar-refractivity contribution in [2.45, 2.75) is 73.5 Å². The standard InChI is InChI=1S/C19H14ClN3O2.C18H14Cl2N2O2.C11H10BrClN2.C11H11ClN2O.C4H4N2O2.3CH4/c20-17-8-4-1-5-13(17)11-22-10-9-14(21-22)12-23-18(24)15-6-2-3-7-16(15)19(23)25;19-15-7-3-1-5-13(15)11-22-10-9-17(21-22)18(23)24-12-14-6-2-4-8-16(14)20;12-7-10-5-6-15(14-10)8-9-3-1-2-4-11(9)13;12-11-4-2-1-3-9(11)7-14-6-5-10(8-15)13-14;7-4(8)3-1-2-5-6-3;;;/h1-10H,11-12H2;1-10H,11-12H2;1-6H,7-8H2;1-6,15H,7-8H2;1-2H,(H,5,6)(H,7,8);3*1H4. The summed E-state index contributed by atoms with van der Waals surface area (Å²) in [6, 6.07) is 53.2. The highest BCUT2D eigenvalue weighted by atomic mass is 79.9. The number of ether oxygens (including phenoxy) is 1. The van der Waals surface area contributed by atoms with Crippen molar-refractivity contribution in [3.05, 3.63) is 299 Å². The largest absolute Gasteiger partial charge is 0.477 e. The first kappa shape index (κ1) is 72.1. The maximum Gasteiger partial charge on any atom is 0.359 e. The number of carbonyl (C=O) groups is 4. The third-order valence-corrected chi connectivity index (χ3v) is 15.1. The van der Waals surface area contributed by atoms with Crippen LogP contribution in [0.25, 0.3) is 0 Å². The molecule has 0 spiro atoms. The Morgan fingerprint density at radius 2 is 0.833 bits per heavy atom. The maximum absolute atomic E-state index is 12.4. The van der Waals surface area contributed by atoms with E-state index in [1.807, 2.05) is 145 Å². The van der Waals surface area contributed by atoms with Gasteiger partial charge < -0.3 is 14.9 Å². The fourth-order valence-electron chi connectivity index (χ4n) is 8.23. The Balaban J connectivity index is 0.000000211. The number of alkyl halides is 1. The predicted molar refractivity (Wildman–Crippen MR) is 357 cm³/mol. The summed E-state index contributed by atoms with van der Waals surface area (Å²) in [4.78, 5) is 48.1. The van der Waals surface area contributed by atoms with Gasteiger partial charge in [0.15, 0.2) is 5.69 Å². The van der Waals surface area contributed by atoms with Crippen molar-refractivity contribution >= 4 is 97.7 Å². The highest BCUT2D eigenvalue weighted by Crippen LogP contribution is 2.25. The minimum absolute atomic E-state index is 0. The molecule has 0 saturated carbocycles. The third kappa shape index (κ3) is 20.7. The van der Waals surface area contributed by atoms with E-state index >= 15 is 0 Å². The van der Waals surface area contributed by atoms with Crippen molar-refractivity contribution in [2.75, 3.05) is 0 Å². The Bertz CT molecular complexity index is 3960. The second kappa shape index (κ2) is 36.1. The molecule has 1 aliphatic heterocycles. The molecule has 468 valence electrons. The molecular weight excluding hydrogens is 1320 g/mol. The first-order valence-electron chi connectivity index (χ1n) is 26.5. The number of halogens is 6. The number of benzene rings is 6. The zero-order valence-corrected chi connectivity index (χ0v) is 51.3. The third-order valence-electron chi connectivity index (χ3n) is 12.6. The lowest BCUT2D eigenvalue weighted by molar-refractivity contribution is 0.0463. The number of aromatic nitrogens is 10. The summed E-state index contributed by atoms with van der Waals surface area (Å²) in [7, 11) is 0. The lowest BCUT2D eigenvalue weighted by Gasteiger charge is -2.11. The van der Waals surface area contributed by atoms with Crippen molar-refractivity contribution in [1.82, 2.24) is 54.2 Å². The molecule has 0 atom stereocenters. The van der Waals surface area contributed by atoms with Gasteiger partial charge in [0.1, 0.15) is 12.3 Å². The van der Waals surface area contributed by atoms with E-state index in [2.05, 4.69) is 46.5 Å². The van der Waals surface area contributed by atoms with E-state index in [0.29, 0.717) is 63.8 Å². The average Bonchev–Trinajstić information content (AvgIpc) is 1.69. The number of nitrogens with zero attached hydrogens (tertiary/aromatic N) is 10. The second-order valence-electron chi connectivity index (χ2n) is 18.8. The number of aromatic amines is 1. The van der Waals surface area contributed by atoms with E-state index in [-0.39, 0.29) is 65.2 Å². The van der Waals surface area contributed by atoms with E-state index in [1.165, 1.54) is 17.2 Å². The number of H-pyrrole nitrogens is 1. The molecule has 18 nitrogen and oxygen atoms in total. The van der Waals surface area contributed by atoms with Crippen LogP contribution in [0.1, 0.15) is 109 Å². The number of esters is 1. The molecule has 12 rings (SSSR count). The Morgan fingerprint density at radius 1 is 0.467 bits per heavy atom. The van der Waals surface area contributed by atoms with E-state index in [0.717, 1.165) is 48.9 Å². The van der Waals surface area contributed by atoms with Crippen LogP contribution in [-0.4, -0.2) is 88.2 Å². The first-order valence-corrected chi connectivity index (χ1v) is 29.5. The summed E-state index contributed by atoms with van der Waals surface area (Å²) >= 11 is 33.8. The number of imide groups is 1. The van der Waals surface area contributed by atoms with Gasteiger partial charge in [-0.15, -0.1) is 0 Å². The number of nitrogens with one attached hydrogen (secondary N) is 1. The Kier molecular flexibility index (Phi) is 28.9. The summed E-state index contributed by atoms with van der Waals surface area (Å²) in [6.07, 6.45) is 8.71. The summed E-state index contributed by atoms with van der Waals surface area (Å²) < 4.78 is 12.3. The van der Waals surface area contributed by atoms with Crippen LogP contribution in [0.5, 0.6) is 0 Å². The van der Waals surface area contributed by atoms with Crippen molar-refractivity contribution in [2.24, 2.45) is 0 Å². The van der Waals surface area contributed by atoms with Gasteiger partial charge in [0.05, 0.1) is 67.5 Å². The van der Waals surface area contributed by atoms with Crippen molar-refractivity contribution in [3.8, 4) is 0 Å². The van der Waals surface area contributed by atoms with Gasteiger partial charge in [-0.3, -0.25) is 38.3 Å². The Morgan fingerprint density at radius 3 is 1.20 bits per heavy atom. The highest BCUT2D eigenvalue weighted by Gasteiger charge is 2.35. The van der Waals surface area contributed by atoms with Gasteiger partial charge in [0.2, 0.25) is 0 Å². The number of aromatic carboxylic acids is 1. The van der Waals surface area contributed by atoms with Crippen LogP contribution >= 0.6 is 73.9 Å². The minimum atomic E-state index is -0.984. The highest BCUT2D eigenvalue weighted by molar-refractivity contribution is 9.08. The lowest BCUT2D eigenvalue weighted by Crippen LogP contribution is -2.29. The summed E-state index contributed by atoms with van der Waals surface area (Å²) in [5.74, 6) is -2.03. The molecule has 3 N–H and O–H groups in total. The van der Waals surface area contributed by atoms with E-state index in [9.17, 15) is 19.2 Å². The molecule has 6 aromatic carbocycles. The molecule has 6 heterocycles. The maximum atomic E-state index is 12.4. The molecule has 0 fully saturated rings. The molecule has 0 bridgehead atoms. The SMILES string of the molecule is C.C.C.Clc1ccccc1Cn1ccc(CBr)n1.O=C(O)c1ccn[nH]1.O=C(OCc1ccccc1Cl)c1ccn(Cc2ccccc2Cl)n1.O=C1c2ccccc2C(=O)N1Cc1ccn(Cc2ccccc2Cl)n1.OCc1ccn(Cc2ccccc2Cl)n1. The fraction of sp³-hybridized carbons (Fsp3) is 0.167. The molecule has 24 heteroatoms. The van der Waals surface area contributed by atoms with Gasteiger partial charge in [0.25, 0.3) is 11.8 Å². The van der Waals surface area contributed by atoms with E-state index in [4.69, 9.17) is 73.0 Å². The summed E-state index contributed by atoms with van der Waals surface area (Å²) in [5, 5.41) is 44.2. The Labute approximate surface area is 555 Å². The van der Waals surface area contributed by atoms with Crippen LogP contribution < -0.4 is 0 Å². The van der Waals surface area contributed by atoms with Crippen LogP contribution in [0.2, 0.25) is 25.1 Å². The molecule has 1 aliphatic rings. The van der Waals surface area contributed by atoms with Crippen molar-refractivity contribution in [3.63, 3.8) is 0 Å². The number of amides is 2. The summed E-state index contributed by atoms with van der Waals surface area (Å²) in [6.45, 7) is 2.58. The molecule has 90 heavy (non-hydrogen) atoms. The molecule has 0 aliphatic carbocycles. The quantitative estimate of drug-likeness (QED) is 0.0467. The van der Waals surface area contributed by atoms with Gasteiger partial charge in [-0.25, -0.2) is 9.59 Å². The van der Waals surface area contributed by atoms with Crippen LogP contribution in [-0.2, 0) is 56.0 Å². The monoisotopic (exact) mass is 1380 g/mol. The van der Waals surface area contributed by atoms with E-state index < -0.39 is 11.9 Å². The molecule has 0 unspecified atom stereocenters. The Hall–Kier alpha value is -8.66. The van der Waals surface area contributed by atoms with Gasteiger partial charge in [-0.1, -0.05) is 199 Å². The minimum Gasteiger partial charge on any atom is -0.477 e. The number of hydrogen-bond donors (Lipinski definition) is 3. The predicted octanol–water partition coefficient (Wildman–Crippen LogP) is 15.5. The van der Waals surface area contributed by atoms with Crippen LogP contribution in [0, 0.1) is 0 Å². The number of carboxylic acids is 1. The van der Waals surface area contributed by atoms with Gasteiger partial charge in [-0.2, -0.15) is 25.5 Å². The second-order valence-corrected chi connectivity index (χ2v) is 21.4. The first-order chi connectivity index (χ1) is 42.2. The van der Waals surface area contributed by atoms with Crippen LogP contribution in [0.4, 0.5) is 0 Å². The number of fused-ring (bicyclic) bond motifs is 1. The number of carbonyl (C=O) groups excluding carboxylic acids is 3. The van der Waals surface area contributed by atoms with Gasteiger partial charge in [0, 0.05) is 67.0 Å². The molecule has 11 aromatic rings. The molecule has 2 amide bonds. The van der Waals surface area contributed by atoms with Crippen molar-refractivity contribution in [1.29, 1.82) is 0 Å². The van der Waals surface area contributed by atoms with Gasteiger partial charge in [-0.05, 0) is 95.1 Å². The average molecular weight is 1380 g/mol.